The van der Waals surface area contributed by atoms with Gasteiger partial charge in [0.05, 0.1) is 5.92 Å². The number of anilines is 2. The lowest BCUT2D eigenvalue weighted by Gasteiger charge is -2.21. The number of esters is 1. The molecule has 0 saturated carbocycles. The number of carbonyl (C=O) groups excluding carboxylic acids is 3. The Morgan fingerprint density at radius 3 is 2.34 bits per heavy atom. The van der Waals surface area contributed by atoms with Crippen LogP contribution in [0.5, 0.6) is 0 Å². The molecule has 1 aliphatic heterocycles. The highest BCUT2D eigenvalue weighted by Gasteiger charge is 2.37. The molecular formula is C23H26N2O4. The molecule has 1 N–H and O–H groups in total. The SMILES string of the molecule is Cc1cccc(NC(=O)COC(=O)[C@H]2CC(=O)N(c3c(C)cccc3C)C2)c1C. The van der Waals surface area contributed by atoms with Gasteiger partial charge >= 0.3 is 5.97 Å². The number of hydrogen-bond acceptors (Lipinski definition) is 4. The van der Waals surface area contributed by atoms with Crippen LogP contribution in [-0.4, -0.2) is 30.9 Å². The highest BCUT2D eigenvalue weighted by atomic mass is 16.5. The first kappa shape index (κ1) is 20.6. The summed E-state index contributed by atoms with van der Waals surface area (Å²) < 4.78 is 5.19. The third-order valence-electron chi connectivity index (χ3n) is 5.39. The summed E-state index contributed by atoms with van der Waals surface area (Å²) in [6, 6.07) is 11.5. The molecule has 0 bridgehead atoms. The highest BCUT2D eigenvalue weighted by Crippen LogP contribution is 2.31. The first-order valence-corrected chi connectivity index (χ1v) is 9.67. The van der Waals surface area contributed by atoms with E-state index in [2.05, 4.69) is 5.32 Å². The van der Waals surface area contributed by atoms with E-state index in [1.54, 1.807) is 11.0 Å². The molecule has 6 nitrogen and oxygen atoms in total. The maximum Gasteiger partial charge on any atom is 0.311 e. The molecule has 0 aliphatic carbocycles. The fourth-order valence-electron chi connectivity index (χ4n) is 3.64. The van der Waals surface area contributed by atoms with Crippen molar-refractivity contribution in [1.29, 1.82) is 0 Å². The number of hydrogen-bond donors (Lipinski definition) is 1. The summed E-state index contributed by atoms with van der Waals surface area (Å²) in [6.07, 6.45) is 0.0885. The van der Waals surface area contributed by atoms with E-state index in [4.69, 9.17) is 4.74 Å². The molecule has 152 valence electrons. The van der Waals surface area contributed by atoms with Crippen LogP contribution in [0.3, 0.4) is 0 Å². The third kappa shape index (κ3) is 4.47. The number of para-hydroxylation sites is 1. The maximum atomic E-state index is 12.5. The molecule has 0 spiro atoms. The Morgan fingerprint density at radius 1 is 1.03 bits per heavy atom. The molecule has 1 saturated heterocycles. The van der Waals surface area contributed by atoms with Crippen LogP contribution in [0.2, 0.25) is 0 Å². The summed E-state index contributed by atoms with van der Waals surface area (Å²) in [5, 5.41) is 2.76. The minimum atomic E-state index is -0.574. The molecule has 2 amide bonds. The summed E-state index contributed by atoms with van der Waals surface area (Å²) in [5.41, 5.74) is 5.55. The summed E-state index contributed by atoms with van der Waals surface area (Å²) >= 11 is 0. The van der Waals surface area contributed by atoms with Crippen LogP contribution in [0.25, 0.3) is 0 Å². The lowest BCUT2D eigenvalue weighted by molar-refractivity contribution is -0.151. The summed E-state index contributed by atoms with van der Waals surface area (Å²) in [7, 11) is 0. The van der Waals surface area contributed by atoms with Crippen molar-refractivity contribution in [2.24, 2.45) is 5.92 Å². The van der Waals surface area contributed by atoms with Crippen LogP contribution in [0.1, 0.15) is 28.7 Å². The van der Waals surface area contributed by atoms with Crippen molar-refractivity contribution in [3.63, 3.8) is 0 Å². The van der Waals surface area contributed by atoms with Gasteiger partial charge < -0.3 is 15.0 Å². The fourth-order valence-corrected chi connectivity index (χ4v) is 3.64. The number of rotatable bonds is 5. The number of nitrogens with zero attached hydrogens (tertiary/aromatic N) is 1. The van der Waals surface area contributed by atoms with E-state index in [1.165, 1.54) is 0 Å². The minimum absolute atomic E-state index is 0.0885. The zero-order chi connectivity index (χ0) is 21.1. The third-order valence-corrected chi connectivity index (χ3v) is 5.39. The molecule has 3 rings (SSSR count). The Morgan fingerprint density at radius 2 is 1.66 bits per heavy atom. The number of nitrogens with one attached hydrogen (secondary N) is 1. The van der Waals surface area contributed by atoms with E-state index in [9.17, 15) is 14.4 Å². The second-order valence-electron chi connectivity index (χ2n) is 7.55. The molecule has 0 radical (unpaired) electrons. The first-order chi connectivity index (χ1) is 13.8. The van der Waals surface area contributed by atoms with E-state index < -0.39 is 17.8 Å². The van der Waals surface area contributed by atoms with Crippen molar-refractivity contribution in [2.75, 3.05) is 23.4 Å². The summed E-state index contributed by atoms with van der Waals surface area (Å²) in [5.74, 6) is -1.61. The molecule has 1 fully saturated rings. The van der Waals surface area contributed by atoms with E-state index in [0.29, 0.717) is 5.69 Å². The van der Waals surface area contributed by atoms with Gasteiger partial charge in [0.25, 0.3) is 5.91 Å². The van der Waals surface area contributed by atoms with Gasteiger partial charge in [0.1, 0.15) is 0 Å². The quantitative estimate of drug-likeness (QED) is 0.788. The maximum absolute atomic E-state index is 12.5. The van der Waals surface area contributed by atoms with Crippen molar-refractivity contribution in [2.45, 2.75) is 34.1 Å². The Labute approximate surface area is 170 Å². The Bertz CT molecular complexity index is 947. The highest BCUT2D eigenvalue weighted by molar-refractivity contribution is 6.01. The van der Waals surface area contributed by atoms with E-state index in [1.807, 2.05) is 58.0 Å². The van der Waals surface area contributed by atoms with Crippen LogP contribution in [-0.2, 0) is 19.1 Å². The molecule has 1 aliphatic rings. The van der Waals surface area contributed by atoms with Crippen molar-refractivity contribution in [1.82, 2.24) is 0 Å². The van der Waals surface area contributed by atoms with E-state index in [0.717, 1.165) is 27.9 Å². The van der Waals surface area contributed by atoms with Crippen molar-refractivity contribution in [3.05, 3.63) is 58.7 Å². The van der Waals surface area contributed by atoms with Crippen molar-refractivity contribution in [3.8, 4) is 0 Å². The zero-order valence-electron chi connectivity index (χ0n) is 17.2. The molecule has 6 heteroatoms. The Kier molecular flexibility index (Phi) is 6.01. The van der Waals surface area contributed by atoms with Gasteiger partial charge in [-0.15, -0.1) is 0 Å². The summed E-state index contributed by atoms with van der Waals surface area (Å²) in [4.78, 5) is 38.7. The number of ether oxygens (including phenoxy) is 1. The van der Waals surface area contributed by atoms with Gasteiger partial charge in [0.2, 0.25) is 5.91 Å². The molecule has 29 heavy (non-hydrogen) atoms. The number of aryl methyl sites for hydroxylation is 3. The lowest BCUT2D eigenvalue weighted by Crippen LogP contribution is -2.29. The zero-order valence-corrected chi connectivity index (χ0v) is 17.2. The normalized spacial score (nSPS) is 16.1. The smallest absolute Gasteiger partial charge is 0.311 e. The predicted molar refractivity (Wildman–Crippen MR) is 112 cm³/mol. The van der Waals surface area contributed by atoms with Crippen LogP contribution in [0.15, 0.2) is 36.4 Å². The van der Waals surface area contributed by atoms with Crippen molar-refractivity contribution >= 4 is 29.2 Å². The summed E-state index contributed by atoms with van der Waals surface area (Å²) in [6.45, 7) is 7.66. The van der Waals surface area contributed by atoms with Gasteiger partial charge in [-0.05, 0) is 56.0 Å². The lowest BCUT2D eigenvalue weighted by atomic mass is 10.1. The van der Waals surface area contributed by atoms with Crippen LogP contribution in [0.4, 0.5) is 11.4 Å². The average molecular weight is 394 g/mol. The number of amides is 2. The molecule has 1 heterocycles. The fraction of sp³-hybridized carbons (Fsp3) is 0.348. The Balaban J connectivity index is 1.58. The van der Waals surface area contributed by atoms with Gasteiger partial charge in [-0.3, -0.25) is 14.4 Å². The topological polar surface area (TPSA) is 75.7 Å². The van der Waals surface area contributed by atoms with E-state index in [-0.39, 0.29) is 25.5 Å². The molecule has 2 aromatic rings. The predicted octanol–water partition coefficient (Wildman–Crippen LogP) is 3.46. The van der Waals surface area contributed by atoms with Gasteiger partial charge in [0, 0.05) is 24.3 Å². The van der Waals surface area contributed by atoms with Gasteiger partial charge in [-0.1, -0.05) is 30.3 Å². The molecule has 1 atom stereocenters. The number of benzene rings is 2. The molecule has 0 unspecified atom stereocenters. The first-order valence-electron chi connectivity index (χ1n) is 9.67. The second-order valence-corrected chi connectivity index (χ2v) is 7.55. The standard InChI is InChI=1S/C23H26N2O4/c1-14-7-6-10-19(17(14)4)24-20(26)13-29-23(28)18-11-21(27)25(12-18)22-15(2)8-5-9-16(22)3/h5-10,18H,11-13H2,1-4H3,(H,24,26)/t18-/m0/s1. The van der Waals surface area contributed by atoms with Crippen LogP contribution < -0.4 is 10.2 Å². The largest absolute Gasteiger partial charge is 0.455 e. The minimum Gasteiger partial charge on any atom is -0.455 e. The second kappa shape index (κ2) is 8.47. The molecule has 2 aromatic carbocycles. The Hall–Kier alpha value is -3.15. The molecule has 0 aromatic heterocycles. The van der Waals surface area contributed by atoms with Gasteiger partial charge in [0.15, 0.2) is 6.61 Å². The number of carbonyl (C=O) groups is 3. The van der Waals surface area contributed by atoms with Gasteiger partial charge in [-0.2, -0.15) is 0 Å². The average Bonchev–Trinajstić information content (AvgIpc) is 3.05. The monoisotopic (exact) mass is 394 g/mol. The van der Waals surface area contributed by atoms with Crippen LogP contribution in [0, 0.1) is 33.6 Å². The van der Waals surface area contributed by atoms with Crippen molar-refractivity contribution < 1.29 is 19.1 Å². The van der Waals surface area contributed by atoms with E-state index >= 15 is 0 Å². The molecular weight excluding hydrogens is 368 g/mol. The van der Waals surface area contributed by atoms with Crippen LogP contribution >= 0.6 is 0 Å². The van der Waals surface area contributed by atoms with Gasteiger partial charge in [-0.25, -0.2) is 0 Å².